The van der Waals surface area contributed by atoms with Crippen LogP contribution in [0.4, 0.5) is 18.9 Å². The molecule has 1 aliphatic heterocycles. The number of nitrogens with two attached hydrogens (primary N) is 1. The summed E-state index contributed by atoms with van der Waals surface area (Å²) >= 11 is 3.49. The van der Waals surface area contributed by atoms with Crippen molar-refractivity contribution in [2.24, 2.45) is 11.7 Å². The van der Waals surface area contributed by atoms with Crippen molar-refractivity contribution < 1.29 is 13.2 Å². The number of benzene rings is 1. The van der Waals surface area contributed by atoms with Gasteiger partial charge in [0, 0.05) is 29.3 Å². The summed E-state index contributed by atoms with van der Waals surface area (Å²) in [4.78, 5) is 1.82. The van der Waals surface area contributed by atoms with Crippen LogP contribution in [-0.2, 0) is 6.42 Å². The molecule has 6 heteroatoms. The molecule has 1 aromatic rings. The van der Waals surface area contributed by atoms with Gasteiger partial charge < -0.3 is 10.6 Å². The second-order valence-electron chi connectivity index (χ2n) is 5.78. The smallest absolute Gasteiger partial charge is 0.371 e. The first-order valence-electron chi connectivity index (χ1n) is 7.13. The van der Waals surface area contributed by atoms with Crippen molar-refractivity contribution in [3.05, 3.63) is 28.2 Å². The molecular formula is C15H20BrF3N2. The van der Waals surface area contributed by atoms with E-state index in [2.05, 4.69) is 15.9 Å². The normalized spacial score (nSPS) is 21.4. The molecule has 118 valence electrons. The minimum atomic E-state index is -4.11. The maximum atomic E-state index is 12.9. The lowest BCUT2D eigenvalue weighted by Crippen LogP contribution is -2.41. The van der Waals surface area contributed by atoms with Crippen LogP contribution >= 0.6 is 15.9 Å². The number of alkyl halides is 3. The van der Waals surface area contributed by atoms with Crippen LogP contribution in [0.5, 0.6) is 0 Å². The Hall–Kier alpha value is -0.750. The fraction of sp³-hybridized carbons (Fsp3) is 0.600. The fourth-order valence-electron chi connectivity index (χ4n) is 2.72. The molecule has 0 aromatic heterocycles. The van der Waals surface area contributed by atoms with Crippen molar-refractivity contribution in [2.75, 3.05) is 18.0 Å². The van der Waals surface area contributed by atoms with Crippen LogP contribution in [0, 0.1) is 5.92 Å². The molecule has 1 saturated heterocycles. The molecule has 0 bridgehead atoms. The number of rotatable bonds is 3. The second-order valence-corrected chi connectivity index (χ2v) is 6.64. The Morgan fingerprint density at radius 1 is 1.43 bits per heavy atom. The summed E-state index contributed by atoms with van der Waals surface area (Å²) in [5, 5.41) is 0. The zero-order valence-corrected chi connectivity index (χ0v) is 13.5. The highest BCUT2D eigenvalue weighted by Gasteiger charge is 2.41. The first-order valence-corrected chi connectivity index (χ1v) is 7.92. The van der Waals surface area contributed by atoms with Gasteiger partial charge >= 0.3 is 6.18 Å². The van der Waals surface area contributed by atoms with Crippen molar-refractivity contribution >= 4 is 21.6 Å². The van der Waals surface area contributed by atoms with Gasteiger partial charge in [0.2, 0.25) is 0 Å². The molecule has 0 spiro atoms. The quantitative estimate of drug-likeness (QED) is 0.873. The van der Waals surface area contributed by atoms with Crippen LogP contribution in [0.15, 0.2) is 22.7 Å². The molecule has 1 fully saturated rings. The summed E-state index contributed by atoms with van der Waals surface area (Å²) in [7, 11) is 0. The maximum Gasteiger partial charge on any atom is 0.393 e. The Labute approximate surface area is 131 Å². The van der Waals surface area contributed by atoms with Crippen LogP contribution < -0.4 is 10.6 Å². The first kappa shape index (κ1) is 16.6. The fourth-order valence-corrected chi connectivity index (χ4v) is 3.25. The molecule has 0 amide bonds. The SMILES string of the molecule is CC(N)Cc1ccc(N2CCCC(C(F)(F)F)C2)cc1Br. The number of hydrogen-bond donors (Lipinski definition) is 1. The van der Waals surface area contributed by atoms with E-state index >= 15 is 0 Å². The van der Waals surface area contributed by atoms with Crippen LogP contribution in [0.1, 0.15) is 25.3 Å². The third-order valence-electron chi connectivity index (χ3n) is 3.83. The first-order chi connectivity index (χ1) is 9.77. The molecule has 0 saturated carbocycles. The third kappa shape index (κ3) is 4.36. The van der Waals surface area contributed by atoms with Gasteiger partial charge in [0.05, 0.1) is 5.92 Å². The molecule has 2 unspecified atom stereocenters. The van der Waals surface area contributed by atoms with Gasteiger partial charge in [-0.05, 0) is 43.9 Å². The number of nitrogens with zero attached hydrogens (tertiary/aromatic N) is 1. The maximum absolute atomic E-state index is 12.9. The standard InChI is InChI=1S/C15H20BrF3N2/c1-10(20)7-11-4-5-13(8-14(11)16)21-6-2-3-12(9-21)15(17,18)19/h4-5,8,10,12H,2-3,6-7,9,20H2,1H3. The summed E-state index contributed by atoms with van der Waals surface area (Å²) in [6, 6.07) is 5.79. The van der Waals surface area contributed by atoms with E-state index in [1.165, 1.54) is 0 Å². The highest BCUT2D eigenvalue weighted by atomic mass is 79.9. The molecule has 1 heterocycles. The van der Waals surface area contributed by atoms with Gasteiger partial charge in [0.1, 0.15) is 0 Å². The van der Waals surface area contributed by atoms with Crippen LogP contribution in [0.3, 0.4) is 0 Å². The Kier molecular flexibility index (Phi) is 5.20. The van der Waals surface area contributed by atoms with Gasteiger partial charge in [0.15, 0.2) is 0 Å². The van der Waals surface area contributed by atoms with Gasteiger partial charge in [-0.3, -0.25) is 0 Å². The van der Waals surface area contributed by atoms with E-state index < -0.39 is 12.1 Å². The van der Waals surface area contributed by atoms with Crippen molar-refractivity contribution in [3.8, 4) is 0 Å². The predicted octanol–water partition coefficient (Wildman–Crippen LogP) is 4.12. The lowest BCUT2D eigenvalue weighted by atomic mass is 9.97. The average Bonchev–Trinajstić information content (AvgIpc) is 2.40. The zero-order chi connectivity index (χ0) is 15.6. The lowest BCUT2D eigenvalue weighted by Gasteiger charge is -2.35. The Balaban J connectivity index is 2.13. The van der Waals surface area contributed by atoms with Crippen LogP contribution in [0.2, 0.25) is 0 Å². The molecule has 2 rings (SSSR count). The van der Waals surface area contributed by atoms with E-state index in [1.54, 1.807) is 0 Å². The van der Waals surface area contributed by atoms with Gasteiger partial charge in [-0.25, -0.2) is 0 Å². The van der Waals surface area contributed by atoms with Crippen molar-refractivity contribution in [1.29, 1.82) is 0 Å². The Bertz CT molecular complexity index is 488. The highest BCUT2D eigenvalue weighted by Crippen LogP contribution is 2.35. The topological polar surface area (TPSA) is 29.3 Å². The summed E-state index contributed by atoms with van der Waals surface area (Å²) < 4.78 is 39.5. The molecule has 0 radical (unpaired) electrons. The van der Waals surface area contributed by atoms with Gasteiger partial charge in [-0.1, -0.05) is 22.0 Å². The highest BCUT2D eigenvalue weighted by molar-refractivity contribution is 9.10. The monoisotopic (exact) mass is 364 g/mol. The van der Waals surface area contributed by atoms with E-state index in [-0.39, 0.29) is 19.0 Å². The number of piperidine rings is 1. The van der Waals surface area contributed by atoms with E-state index in [0.29, 0.717) is 13.0 Å². The van der Waals surface area contributed by atoms with Crippen molar-refractivity contribution in [1.82, 2.24) is 0 Å². The number of hydrogen-bond acceptors (Lipinski definition) is 2. The zero-order valence-electron chi connectivity index (χ0n) is 12.0. The van der Waals surface area contributed by atoms with Crippen molar-refractivity contribution in [2.45, 2.75) is 38.4 Å². The number of halogens is 4. The molecule has 2 N–H and O–H groups in total. The van der Waals surface area contributed by atoms with Gasteiger partial charge in [-0.15, -0.1) is 0 Å². The van der Waals surface area contributed by atoms with E-state index in [1.807, 2.05) is 30.0 Å². The minimum Gasteiger partial charge on any atom is -0.371 e. The third-order valence-corrected chi connectivity index (χ3v) is 4.57. The second kappa shape index (κ2) is 6.57. The van der Waals surface area contributed by atoms with Crippen LogP contribution in [0.25, 0.3) is 0 Å². The molecule has 21 heavy (non-hydrogen) atoms. The largest absolute Gasteiger partial charge is 0.393 e. The predicted molar refractivity (Wildman–Crippen MR) is 82.5 cm³/mol. The molecular weight excluding hydrogens is 345 g/mol. The molecule has 1 aromatic carbocycles. The number of anilines is 1. The van der Waals surface area contributed by atoms with E-state index in [0.717, 1.165) is 22.1 Å². The molecule has 1 aliphatic rings. The summed E-state index contributed by atoms with van der Waals surface area (Å²) in [6.07, 6.45) is -2.57. The van der Waals surface area contributed by atoms with Gasteiger partial charge in [0.25, 0.3) is 0 Å². The Morgan fingerprint density at radius 3 is 2.71 bits per heavy atom. The minimum absolute atomic E-state index is 0.0442. The molecule has 2 atom stereocenters. The van der Waals surface area contributed by atoms with E-state index in [4.69, 9.17) is 5.73 Å². The van der Waals surface area contributed by atoms with Gasteiger partial charge in [-0.2, -0.15) is 13.2 Å². The molecule has 0 aliphatic carbocycles. The van der Waals surface area contributed by atoms with Crippen LogP contribution in [-0.4, -0.2) is 25.3 Å². The molecule has 2 nitrogen and oxygen atoms in total. The van der Waals surface area contributed by atoms with Crippen molar-refractivity contribution in [3.63, 3.8) is 0 Å². The Morgan fingerprint density at radius 2 is 2.14 bits per heavy atom. The lowest BCUT2D eigenvalue weighted by molar-refractivity contribution is -0.175. The van der Waals surface area contributed by atoms with E-state index in [9.17, 15) is 13.2 Å². The summed E-state index contributed by atoms with van der Waals surface area (Å²) in [5.41, 5.74) is 7.70. The summed E-state index contributed by atoms with van der Waals surface area (Å²) in [5.74, 6) is -1.23. The summed E-state index contributed by atoms with van der Waals surface area (Å²) in [6.45, 7) is 2.65. The average molecular weight is 365 g/mol.